The van der Waals surface area contributed by atoms with E-state index in [1.165, 1.54) is 37.5 Å². The predicted molar refractivity (Wildman–Crippen MR) is 257 cm³/mol. The maximum Gasteiger partial charge on any atom is 0.184 e. The number of pyridine rings is 1. The second-order valence-corrected chi connectivity index (χ2v) is 19.6. The first-order valence-corrected chi connectivity index (χ1v) is 23.0. The Balaban J connectivity index is 1.13. The number of hydrogen-bond donors (Lipinski definition) is 0. The maximum absolute atomic E-state index is 6.77. The first-order chi connectivity index (χ1) is 30.7. The Kier molecular flexibility index (Phi) is 8.30. The van der Waals surface area contributed by atoms with Crippen LogP contribution in [0.5, 0.6) is 11.5 Å². The van der Waals surface area contributed by atoms with E-state index >= 15 is 0 Å². The van der Waals surface area contributed by atoms with Gasteiger partial charge in [-0.3, -0.25) is 4.57 Å². The summed E-state index contributed by atoms with van der Waals surface area (Å²) < 4.78 is 11.2. The van der Waals surface area contributed by atoms with Crippen molar-refractivity contribution in [2.24, 2.45) is 7.05 Å². The number of imidazole rings is 1. The lowest BCUT2D eigenvalue weighted by molar-refractivity contribution is 0.483. The monoisotopic (exact) mass is 813 g/mol. The summed E-state index contributed by atoms with van der Waals surface area (Å²) in [7, 11) is -0.874. The van der Waals surface area contributed by atoms with E-state index in [2.05, 4.69) is 203 Å². The smallest absolute Gasteiger partial charge is 0.184 e. The SMILES string of the molecule is Cn1c(-c2cccc(Oc3ccc4c5c6c(ccc5n(-c5ccccn5)c4c3)[Si](c3ccccc3)(c3ccccc3)c3ccccc3N6c3ccccc3)c2)nc2ccccc21. The fourth-order valence-corrected chi connectivity index (χ4v) is 15.0. The summed E-state index contributed by atoms with van der Waals surface area (Å²) in [5.41, 5.74) is 8.61. The standard InChI is InChI=1S/C55H39N5OSi/c1-58-46-27-12-11-26-45(46)57-55(58)38-18-17-21-40(36-38)61-41-31-32-44-49(37-41)60(52-30-15-16-35-56-52)48-33-34-51-54(53(44)48)59(39-19-5-2-6-20-39)47-28-13-14-29-50(47)62(51,42-22-7-3-8-23-42)43-24-9-4-10-25-43/h2-37H,1H3. The van der Waals surface area contributed by atoms with E-state index < -0.39 is 8.07 Å². The molecule has 7 heteroatoms. The summed E-state index contributed by atoms with van der Waals surface area (Å²) in [4.78, 5) is 12.4. The third-order valence-electron chi connectivity index (χ3n) is 12.5. The average Bonchev–Trinajstić information content (AvgIpc) is 3.86. The number of anilines is 3. The molecule has 0 N–H and O–H groups in total. The van der Waals surface area contributed by atoms with E-state index in [0.29, 0.717) is 0 Å². The summed E-state index contributed by atoms with van der Waals surface area (Å²) in [5, 5.41) is 7.67. The minimum absolute atomic E-state index is 0.732. The summed E-state index contributed by atoms with van der Waals surface area (Å²) in [6.07, 6.45) is 1.87. The molecule has 0 atom stereocenters. The second kappa shape index (κ2) is 14.3. The van der Waals surface area contributed by atoms with Crippen LogP contribution in [-0.2, 0) is 7.05 Å². The number of fused-ring (bicyclic) bond motifs is 7. The Labute approximate surface area is 360 Å². The Bertz CT molecular complexity index is 3420. The number of benzene rings is 8. The molecule has 0 spiro atoms. The van der Waals surface area contributed by atoms with Crippen molar-refractivity contribution in [3.63, 3.8) is 0 Å². The molecule has 0 bridgehead atoms. The number of aromatic nitrogens is 4. The summed E-state index contributed by atoms with van der Waals surface area (Å²) in [6.45, 7) is 0. The molecule has 11 aromatic rings. The van der Waals surface area contributed by atoms with Gasteiger partial charge in [-0.2, -0.15) is 0 Å². The molecular weight excluding hydrogens is 775 g/mol. The first kappa shape index (κ1) is 35.9. The van der Waals surface area contributed by atoms with E-state index in [0.717, 1.165) is 61.8 Å². The zero-order valence-corrected chi connectivity index (χ0v) is 34.9. The molecule has 8 aromatic carbocycles. The normalized spacial score (nSPS) is 13.0. The fraction of sp³-hybridized carbons (Fsp3) is 0.0182. The van der Waals surface area contributed by atoms with Crippen molar-refractivity contribution in [3.05, 3.63) is 219 Å². The molecule has 0 fully saturated rings. The average molecular weight is 814 g/mol. The Hall–Kier alpha value is -8.00. The number of rotatable bonds is 7. The van der Waals surface area contributed by atoms with Crippen molar-refractivity contribution in [2.45, 2.75) is 0 Å². The third-order valence-corrected chi connectivity index (χ3v) is 17.3. The maximum atomic E-state index is 6.77. The molecule has 0 aliphatic carbocycles. The van der Waals surface area contributed by atoms with Gasteiger partial charge in [0, 0.05) is 47.0 Å². The number of hydrogen-bond acceptors (Lipinski definition) is 4. The minimum Gasteiger partial charge on any atom is -0.457 e. The van der Waals surface area contributed by atoms with Crippen LogP contribution in [0.3, 0.4) is 0 Å². The van der Waals surface area contributed by atoms with Crippen LogP contribution in [0.15, 0.2) is 219 Å². The van der Waals surface area contributed by atoms with Gasteiger partial charge in [0.1, 0.15) is 23.1 Å². The first-order valence-electron chi connectivity index (χ1n) is 21.0. The van der Waals surface area contributed by atoms with Crippen LogP contribution in [0.1, 0.15) is 0 Å². The van der Waals surface area contributed by atoms with Gasteiger partial charge in [-0.1, -0.05) is 133 Å². The van der Waals surface area contributed by atoms with Crippen molar-refractivity contribution >= 4 is 78.7 Å². The van der Waals surface area contributed by atoms with Gasteiger partial charge < -0.3 is 14.2 Å². The van der Waals surface area contributed by atoms with Gasteiger partial charge in [0.05, 0.1) is 27.8 Å². The third kappa shape index (κ3) is 5.42. The lowest BCUT2D eigenvalue weighted by Crippen LogP contribution is -2.77. The highest BCUT2D eigenvalue weighted by Gasteiger charge is 2.49. The van der Waals surface area contributed by atoms with Crippen LogP contribution in [0.2, 0.25) is 0 Å². The van der Waals surface area contributed by atoms with Crippen LogP contribution in [0.25, 0.3) is 50.0 Å². The van der Waals surface area contributed by atoms with Gasteiger partial charge in [0.2, 0.25) is 0 Å². The van der Waals surface area contributed by atoms with Crippen molar-refractivity contribution < 1.29 is 4.74 Å². The van der Waals surface area contributed by atoms with Crippen LogP contribution in [-0.4, -0.2) is 27.2 Å². The van der Waals surface area contributed by atoms with Gasteiger partial charge in [-0.05, 0) is 93.5 Å². The second-order valence-electron chi connectivity index (χ2n) is 15.8. The molecule has 0 radical (unpaired) electrons. The molecular formula is C55H39N5OSi. The zero-order chi connectivity index (χ0) is 41.2. The number of aryl methyl sites for hydroxylation is 1. The number of para-hydroxylation sites is 4. The predicted octanol–water partition coefficient (Wildman–Crippen LogP) is 10.7. The zero-order valence-electron chi connectivity index (χ0n) is 33.9. The molecule has 1 aliphatic heterocycles. The lowest BCUT2D eigenvalue weighted by atomic mass is 10.1. The molecule has 0 saturated carbocycles. The van der Waals surface area contributed by atoms with Gasteiger partial charge in [-0.15, -0.1) is 0 Å². The Morgan fingerprint density at radius 1 is 0.516 bits per heavy atom. The van der Waals surface area contributed by atoms with E-state index in [9.17, 15) is 0 Å². The topological polar surface area (TPSA) is 48.1 Å². The molecule has 294 valence electrons. The number of ether oxygens (including phenoxy) is 1. The van der Waals surface area contributed by atoms with Crippen molar-refractivity contribution in [1.82, 2.24) is 19.1 Å². The van der Waals surface area contributed by atoms with Crippen LogP contribution in [0.4, 0.5) is 17.1 Å². The molecule has 4 heterocycles. The molecule has 0 amide bonds. The van der Waals surface area contributed by atoms with E-state index in [4.69, 9.17) is 14.7 Å². The van der Waals surface area contributed by atoms with E-state index in [1.54, 1.807) is 0 Å². The quantitative estimate of drug-likeness (QED) is 0.150. The highest BCUT2D eigenvalue weighted by molar-refractivity contribution is 7.21. The Morgan fingerprint density at radius 3 is 1.97 bits per heavy atom. The van der Waals surface area contributed by atoms with E-state index in [1.807, 2.05) is 36.5 Å². The number of nitrogens with zero attached hydrogens (tertiary/aromatic N) is 5. The highest BCUT2D eigenvalue weighted by Crippen LogP contribution is 2.46. The molecule has 12 rings (SSSR count). The van der Waals surface area contributed by atoms with Crippen molar-refractivity contribution in [3.8, 4) is 28.7 Å². The molecule has 0 unspecified atom stereocenters. The van der Waals surface area contributed by atoms with E-state index in [-0.39, 0.29) is 0 Å². The Morgan fingerprint density at radius 2 is 1.21 bits per heavy atom. The minimum atomic E-state index is -2.93. The van der Waals surface area contributed by atoms with Crippen molar-refractivity contribution in [1.29, 1.82) is 0 Å². The molecule has 6 nitrogen and oxygen atoms in total. The van der Waals surface area contributed by atoms with Crippen LogP contribution >= 0.6 is 0 Å². The van der Waals surface area contributed by atoms with Crippen LogP contribution in [0, 0.1) is 0 Å². The summed E-state index contributed by atoms with van der Waals surface area (Å²) in [6, 6.07) is 76.1. The summed E-state index contributed by atoms with van der Waals surface area (Å²) >= 11 is 0. The molecule has 62 heavy (non-hydrogen) atoms. The largest absolute Gasteiger partial charge is 0.457 e. The van der Waals surface area contributed by atoms with Gasteiger partial charge in [0.25, 0.3) is 0 Å². The molecule has 3 aromatic heterocycles. The van der Waals surface area contributed by atoms with Crippen molar-refractivity contribution in [2.75, 3.05) is 4.90 Å². The lowest BCUT2D eigenvalue weighted by Gasteiger charge is -2.45. The van der Waals surface area contributed by atoms with Crippen LogP contribution < -0.4 is 30.4 Å². The van der Waals surface area contributed by atoms with Gasteiger partial charge in [0.15, 0.2) is 8.07 Å². The fourth-order valence-electron chi connectivity index (χ4n) is 9.90. The molecule has 1 aliphatic rings. The van der Waals surface area contributed by atoms with Gasteiger partial charge in [-0.25, -0.2) is 9.97 Å². The summed E-state index contributed by atoms with van der Waals surface area (Å²) in [5.74, 6) is 3.20. The highest BCUT2D eigenvalue weighted by atomic mass is 28.3. The van der Waals surface area contributed by atoms with Gasteiger partial charge >= 0.3 is 0 Å². The molecule has 0 saturated heterocycles.